The number of carboxylic acid groups (broad SMARTS) is 1. The molecule has 6 saturated heterocycles. The number of carboxylic acids is 1. The van der Waals surface area contributed by atoms with Gasteiger partial charge in [0, 0.05) is 203 Å². The fraction of sp³-hybridized carbons (Fsp3) is 0.500. The van der Waals surface area contributed by atoms with Gasteiger partial charge in [-0.25, -0.2) is 8.78 Å². The van der Waals surface area contributed by atoms with Crippen LogP contribution in [0.15, 0.2) is 133 Å². The molecule has 0 aliphatic carbocycles. The number of hydrogen-bond acceptors (Lipinski definition) is 12. The topological polar surface area (TPSA) is 142 Å². The minimum atomic E-state index is -5.19. The van der Waals surface area contributed by atoms with Crippen molar-refractivity contribution in [1.29, 1.82) is 0 Å². The van der Waals surface area contributed by atoms with Crippen molar-refractivity contribution in [3.63, 3.8) is 0 Å². The number of benzene rings is 6. The van der Waals surface area contributed by atoms with Gasteiger partial charge in [0.1, 0.15) is 17.6 Å². The number of carbonyl (C=O) groups is 3. The molecule has 0 aromatic heterocycles. The predicted molar refractivity (Wildman–Crippen MR) is 379 cm³/mol. The highest BCUT2D eigenvalue weighted by Crippen LogP contribution is 2.30. The van der Waals surface area contributed by atoms with Crippen molar-refractivity contribution in [2.45, 2.75) is 109 Å². The number of rotatable bonds is 18. The fourth-order valence-corrected chi connectivity index (χ4v) is 14.8. The number of amides is 2. The van der Waals surface area contributed by atoms with E-state index in [1.807, 2.05) is 72.8 Å². The van der Waals surface area contributed by atoms with E-state index in [0.29, 0.717) is 47.4 Å². The summed E-state index contributed by atoms with van der Waals surface area (Å²) < 4.78 is 63.9. The number of carbonyl (C=O) groups excluding carboxylic acids is 3. The summed E-state index contributed by atoms with van der Waals surface area (Å²) >= 11 is 0. The number of nitrogens with zero attached hydrogens (tertiary/aromatic N) is 8. The summed E-state index contributed by atoms with van der Waals surface area (Å²) in [6, 6.07) is 45.0. The molecular weight excluding hydrogens is 1390 g/mol. The van der Waals surface area contributed by atoms with Crippen LogP contribution in [0, 0.1) is 11.6 Å². The number of hydrogen-bond donors (Lipinski definition) is 4. The van der Waals surface area contributed by atoms with Crippen LogP contribution in [0.25, 0.3) is 22.3 Å². The molecule has 2 amide bonds. The maximum absolute atomic E-state index is 15.0. The largest absolute Gasteiger partial charge is 1.00 e. The van der Waals surface area contributed by atoms with Crippen molar-refractivity contribution >= 4 is 17.8 Å². The van der Waals surface area contributed by atoms with Gasteiger partial charge in [-0.05, 0) is 119 Å². The third-order valence-corrected chi connectivity index (χ3v) is 20.7. The second kappa shape index (κ2) is 36.2. The van der Waals surface area contributed by atoms with Crippen LogP contribution in [0.4, 0.5) is 22.0 Å². The first-order valence-electron chi connectivity index (χ1n) is 35.6. The summed E-state index contributed by atoms with van der Waals surface area (Å²) in [6.45, 7) is 28.4. The molecule has 22 heteroatoms. The number of nitrogens with one attached hydrogen (secondary N) is 4. The third-order valence-electron chi connectivity index (χ3n) is 20.7. The van der Waals surface area contributed by atoms with Gasteiger partial charge in [-0.3, -0.25) is 39.0 Å². The molecule has 6 fully saturated rings. The van der Waals surface area contributed by atoms with E-state index in [9.17, 15) is 22.8 Å². The first-order valence-corrected chi connectivity index (χ1v) is 35.6. The molecular formula is C78H104F5IN12O4. The smallest absolute Gasteiger partial charge is 0.430 e. The average molecular weight is 1500 g/mol. The summed E-state index contributed by atoms with van der Waals surface area (Å²) in [5.41, 5.74) is 10.6. The van der Waals surface area contributed by atoms with Crippen LogP contribution >= 0.6 is 0 Å². The molecule has 0 bridgehead atoms. The van der Waals surface area contributed by atoms with Crippen LogP contribution in [-0.4, -0.2) is 232 Å². The van der Waals surface area contributed by atoms with E-state index in [0.717, 1.165) is 172 Å². The molecule has 100 heavy (non-hydrogen) atoms. The van der Waals surface area contributed by atoms with E-state index in [4.69, 9.17) is 9.90 Å². The maximum atomic E-state index is 15.0. The van der Waals surface area contributed by atoms with Crippen molar-refractivity contribution < 1.29 is 74.4 Å². The minimum Gasteiger partial charge on any atom is -1.00 e. The van der Waals surface area contributed by atoms with E-state index < -0.39 is 12.1 Å². The molecule has 6 aromatic carbocycles. The quantitative estimate of drug-likeness (QED) is 0.0495. The SMILES string of the molecule is C[C@H]1CN(Cc2cccc(-c3cc(CNC(=O)c4cccc(CN5CCN(C6CC[N+](C)(C)CC6)CC5)c4)ccc3F)c2)CCN1.C[C@H]1CN(Cc2cccc(-c3cc(CNC(=O)c4cccc(CN5CCN(C6CC[N+](C)(C)CC6)CC5)c4)ccc3F)c2)CCN1.O=C([O-])C(F)(F)F.[I-]. The second-order valence-electron chi connectivity index (χ2n) is 29.6. The molecule has 4 N–H and O–H groups in total. The maximum Gasteiger partial charge on any atom is 0.430 e. The number of likely N-dealkylation sites (tertiary alicyclic amines) is 2. The Bertz CT molecular complexity index is 3420. The van der Waals surface area contributed by atoms with Gasteiger partial charge in [-0.2, -0.15) is 13.2 Å². The summed E-state index contributed by atoms with van der Waals surface area (Å²) in [5.74, 6) is -3.73. The lowest BCUT2D eigenvalue weighted by molar-refractivity contribution is -0.895. The minimum absolute atomic E-state index is 0. The normalized spacial score (nSPS) is 20.8. The lowest BCUT2D eigenvalue weighted by atomic mass is 10.00. The third kappa shape index (κ3) is 23.4. The zero-order valence-corrected chi connectivity index (χ0v) is 61.4. The van der Waals surface area contributed by atoms with Gasteiger partial charge in [0.05, 0.1) is 54.4 Å². The Labute approximate surface area is 606 Å². The Hall–Kier alpha value is -6.29. The van der Waals surface area contributed by atoms with Crippen LogP contribution in [0.2, 0.25) is 0 Å². The Balaban J connectivity index is 0.000000211. The van der Waals surface area contributed by atoms with Crippen molar-refractivity contribution in [2.75, 3.05) is 146 Å². The summed E-state index contributed by atoms with van der Waals surface area (Å²) in [4.78, 5) is 50.5. The Morgan fingerprint density at radius 1 is 0.470 bits per heavy atom. The molecule has 6 aromatic rings. The zero-order chi connectivity index (χ0) is 70.3. The van der Waals surface area contributed by atoms with Gasteiger partial charge in [0.15, 0.2) is 0 Å². The molecule has 6 aliphatic heterocycles. The number of aliphatic carboxylic acids is 1. The molecule has 0 spiro atoms. The molecule has 542 valence electrons. The number of alkyl halides is 3. The molecule has 16 nitrogen and oxygen atoms in total. The number of piperidine rings is 2. The van der Waals surface area contributed by atoms with Crippen LogP contribution in [0.1, 0.15) is 93.6 Å². The highest BCUT2D eigenvalue weighted by atomic mass is 127. The van der Waals surface area contributed by atoms with E-state index in [1.165, 1.54) is 75.1 Å². The van der Waals surface area contributed by atoms with E-state index in [-0.39, 0.29) is 47.4 Å². The average Bonchev–Trinajstić information content (AvgIpc) is 0.839. The predicted octanol–water partition coefficient (Wildman–Crippen LogP) is 5.45. The number of halogens is 6. The summed E-state index contributed by atoms with van der Waals surface area (Å²) in [7, 11) is 9.38. The lowest BCUT2D eigenvalue weighted by Gasteiger charge is -2.44. The van der Waals surface area contributed by atoms with Gasteiger partial charge >= 0.3 is 6.18 Å². The summed E-state index contributed by atoms with van der Waals surface area (Å²) in [5, 5.41) is 21.9. The van der Waals surface area contributed by atoms with Crippen LogP contribution in [0.3, 0.4) is 0 Å². The van der Waals surface area contributed by atoms with E-state index in [2.05, 4.69) is 129 Å². The Morgan fingerprint density at radius 3 is 1.16 bits per heavy atom. The monoisotopic (exact) mass is 1490 g/mol. The van der Waals surface area contributed by atoms with E-state index in [1.54, 1.807) is 12.1 Å². The van der Waals surface area contributed by atoms with Gasteiger partial charge in [0.2, 0.25) is 0 Å². The van der Waals surface area contributed by atoms with Crippen molar-refractivity contribution in [2.24, 2.45) is 0 Å². The molecule has 12 rings (SSSR count). The lowest BCUT2D eigenvalue weighted by Crippen LogP contribution is -3.00. The molecule has 0 unspecified atom stereocenters. The number of piperazine rings is 4. The molecule has 0 saturated carbocycles. The van der Waals surface area contributed by atoms with Gasteiger partial charge in [-0.1, -0.05) is 72.8 Å². The summed E-state index contributed by atoms with van der Waals surface area (Å²) in [6.07, 6.45) is 0.000504. The molecule has 6 heterocycles. The van der Waals surface area contributed by atoms with Crippen LogP contribution in [0.5, 0.6) is 0 Å². The second-order valence-corrected chi connectivity index (χ2v) is 29.6. The van der Waals surface area contributed by atoms with Gasteiger partial charge in [0.25, 0.3) is 11.8 Å². The van der Waals surface area contributed by atoms with E-state index >= 15 is 8.78 Å². The van der Waals surface area contributed by atoms with Crippen molar-refractivity contribution in [3.05, 3.63) is 190 Å². The molecule has 6 aliphatic rings. The first kappa shape index (κ1) is 77.9. The zero-order valence-electron chi connectivity index (χ0n) is 59.3. The highest BCUT2D eigenvalue weighted by Gasteiger charge is 2.34. The molecule has 2 atom stereocenters. The Kier molecular flexibility index (Phi) is 28.2. The van der Waals surface area contributed by atoms with Gasteiger partial charge in [-0.15, -0.1) is 0 Å². The van der Waals surface area contributed by atoms with Crippen LogP contribution in [-0.2, 0) is 44.1 Å². The standard InChI is InChI=1S/2C38H51FN6O.C2HF3O2.HI/c2*1-29-26-43(15-14-40-29)28-31-6-4-8-33(22-31)36-24-30(10-11-37(36)39)25-41-38(46)34-9-5-7-32(23-34)27-42-16-18-44(19-17-42)35-12-20-45(2,3)21-13-35;3-2(4,5)1(6)7;/h2*4-11,22-24,29,35,40H,12-21,25-28H2,1-3H3;(H,6,7);1H/t2*29-;;/m00../s1. The van der Waals surface area contributed by atoms with Crippen molar-refractivity contribution in [1.82, 2.24) is 50.7 Å². The van der Waals surface area contributed by atoms with Crippen LogP contribution < -0.4 is 50.4 Å². The van der Waals surface area contributed by atoms with Crippen molar-refractivity contribution in [3.8, 4) is 22.3 Å². The molecule has 0 radical (unpaired) electrons. The highest BCUT2D eigenvalue weighted by molar-refractivity contribution is 5.95. The van der Waals surface area contributed by atoms with Gasteiger partial charge < -0.3 is 64.1 Å². The first-order chi connectivity index (χ1) is 47.4. The fourth-order valence-electron chi connectivity index (χ4n) is 14.8. The Morgan fingerprint density at radius 2 is 0.810 bits per heavy atom. The number of quaternary nitrogens is 2.